The molecule has 0 aromatic carbocycles. The van der Waals surface area contributed by atoms with Crippen molar-refractivity contribution in [2.75, 3.05) is 13.2 Å². The molecule has 0 bridgehead atoms. The average Bonchev–Trinajstić information content (AvgIpc) is 2.38. The van der Waals surface area contributed by atoms with E-state index in [1.807, 2.05) is 20.8 Å². The molecule has 1 rings (SSSR count). The minimum atomic E-state index is -0.433. The number of ether oxygens (including phenoxy) is 2. The zero-order valence-corrected chi connectivity index (χ0v) is 11.9. The summed E-state index contributed by atoms with van der Waals surface area (Å²) >= 11 is 0. The maximum atomic E-state index is 10.1. The zero-order chi connectivity index (χ0) is 13.6. The Morgan fingerprint density at radius 2 is 2.11 bits per heavy atom. The van der Waals surface area contributed by atoms with Gasteiger partial charge in [0.15, 0.2) is 6.29 Å². The van der Waals surface area contributed by atoms with Crippen LogP contribution in [0.2, 0.25) is 0 Å². The Balaban J connectivity index is 2.62. The Labute approximate surface area is 110 Å². The van der Waals surface area contributed by atoms with Crippen molar-refractivity contribution in [2.24, 2.45) is 5.41 Å². The van der Waals surface area contributed by atoms with Gasteiger partial charge in [-0.2, -0.15) is 0 Å². The van der Waals surface area contributed by atoms with E-state index in [-0.39, 0.29) is 24.4 Å². The van der Waals surface area contributed by atoms with Crippen molar-refractivity contribution in [3.63, 3.8) is 0 Å². The molecule has 4 heteroatoms. The molecular formula is C14H28O4. The largest absolute Gasteiger partial charge is 0.396 e. The summed E-state index contributed by atoms with van der Waals surface area (Å²) in [5, 5.41) is 19.3. The zero-order valence-electron chi connectivity index (χ0n) is 11.9. The molecule has 0 aromatic rings. The molecule has 0 aliphatic carbocycles. The molecule has 0 aromatic heterocycles. The van der Waals surface area contributed by atoms with E-state index in [1.165, 1.54) is 0 Å². The molecule has 108 valence electrons. The second-order valence-corrected chi connectivity index (χ2v) is 5.68. The SMILES string of the molecule is CC[C@H](O)C(C)(C)[C@H](CCO)OC1CCCCO1. The van der Waals surface area contributed by atoms with E-state index < -0.39 is 6.10 Å². The standard InChI is InChI=1S/C14H28O4/c1-4-11(16)14(2,3)12(8-9-15)18-13-7-5-6-10-17-13/h11-13,15-16H,4-10H2,1-3H3/t11-,12-,13?/m0/s1. The molecular weight excluding hydrogens is 232 g/mol. The normalized spacial score (nSPS) is 24.8. The third-order valence-corrected chi connectivity index (χ3v) is 3.92. The molecule has 1 aliphatic rings. The van der Waals surface area contributed by atoms with Crippen LogP contribution in [0.4, 0.5) is 0 Å². The highest BCUT2D eigenvalue weighted by Gasteiger charge is 2.37. The first kappa shape index (κ1) is 15.9. The molecule has 3 atom stereocenters. The molecule has 4 nitrogen and oxygen atoms in total. The van der Waals surface area contributed by atoms with Gasteiger partial charge in [-0.25, -0.2) is 0 Å². The van der Waals surface area contributed by atoms with Gasteiger partial charge in [0.1, 0.15) is 0 Å². The van der Waals surface area contributed by atoms with Crippen molar-refractivity contribution < 1.29 is 19.7 Å². The summed E-state index contributed by atoms with van der Waals surface area (Å²) in [7, 11) is 0. The van der Waals surface area contributed by atoms with Gasteiger partial charge in [0.2, 0.25) is 0 Å². The van der Waals surface area contributed by atoms with Crippen LogP contribution in [0.5, 0.6) is 0 Å². The lowest BCUT2D eigenvalue weighted by Gasteiger charge is -2.40. The second-order valence-electron chi connectivity index (χ2n) is 5.68. The highest BCUT2D eigenvalue weighted by molar-refractivity contribution is 4.86. The molecule has 1 aliphatic heterocycles. The first-order valence-electron chi connectivity index (χ1n) is 7.08. The highest BCUT2D eigenvalue weighted by Crippen LogP contribution is 2.33. The summed E-state index contributed by atoms with van der Waals surface area (Å²) in [5.74, 6) is 0. The van der Waals surface area contributed by atoms with E-state index in [0.717, 1.165) is 25.9 Å². The number of rotatable bonds is 7. The second kappa shape index (κ2) is 7.43. The lowest BCUT2D eigenvalue weighted by atomic mass is 9.78. The average molecular weight is 260 g/mol. The predicted octanol–water partition coefficient (Wildman–Crippen LogP) is 2.08. The first-order chi connectivity index (χ1) is 8.52. The lowest BCUT2D eigenvalue weighted by molar-refractivity contribution is -0.222. The molecule has 1 unspecified atom stereocenters. The van der Waals surface area contributed by atoms with Gasteiger partial charge in [0, 0.05) is 18.6 Å². The van der Waals surface area contributed by atoms with Crippen molar-refractivity contribution in [1.82, 2.24) is 0 Å². The monoisotopic (exact) mass is 260 g/mol. The predicted molar refractivity (Wildman–Crippen MR) is 70.2 cm³/mol. The third kappa shape index (κ3) is 4.19. The van der Waals surface area contributed by atoms with Crippen LogP contribution in [0.15, 0.2) is 0 Å². The lowest BCUT2D eigenvalue weighted by Crippen LogP contribution is -2.44. The summed E-state index contributed by atoms with van der Waals surface area (Å²) in [6.07, 6.45) is 3.53. The maximum absolute atomic E-state index is 10.1. The summed E-state index contributed by atoms with van der Waals surface area (Å²) < 4.78 is 11.6. The fraction of sp³-hybridized carbons (Fsp3) is 1.00. The van der Waals surface area contributed by atoms with Crippen LogP contribution in [0.25, 0.3) is 0 Å². The van der Waals surface area contributed by atoms with Gasteiger partial charge in [0.05, 0.1) is 12.2 Å². The number of hydrogen-bond acceptors (Lipinski definition) is 4. The Morgan fingerprint density at radius 1 is 1.39 bits per heavy atom. The Hall–Kier alpha value is -0.160. The fourth-order valence-corrected chi connectivity index (χ4v) is 2.48. The van der Waals surface area contributed by atoms with Gasteiger partial charge in [0.25, 0.3) is 0 Å². The van der Waals surface area contributed by atoms with Crippen LogP contribution in [-0.4, -0.2) is 41.9 Å². The summed E-state index contributed by atoms with van der Waals surface area (Å²) in [6, 6.07) is 0. The molecule has 1 fully saturated rings. The summed E-state index contributed by atoms with van der Waals surface area (Å²) in [6.45, 7) is 6.75. The van der Waals surface area contributed by atoms with Crippen molar-refractivity contribution in [2.45, 2.75) is 71.4 Å². The first-order valence-corrected chi connectivity index (χ1v) is 7.08. The molecule has 1 heterocycles. The summed E-state index contributed by atoms with van der Waals surface area (Å²) in [5.41, 5.74) is -0.377. The maximum Gasteiger partial charge on any atom is 0.157 e. The Bertz CT molecular complexity index is 224. The van der Waals surface area contributed by atoms with Crippen LogP contribution in [-0.2, 0) is 9.47 Å². The molecule has 0 spiro atoms. The van der Waals surface area contributed by atoms with E-state index in [1.54, 1.807) is 0 Å². The van der Waals surface area contributed by atoms with Crippen LogP contribution < -0.4 is 0 Å². The molecule has 0 saturated carbocycles. The van der Waals surface area contributed by atoms with E-state index in [4.69, 9.17) is 9.47 Å². The Kier molecular flexibility index (Phi) is 6.57. The van der Waals surface area contributed by atoms with Crippen LogP contribution in [0, 0.1) is 5.41 Å². The number of hydrogen-bond donors (Lipinski definition) is 2. The highest BCUT2D eigenvalue weighted by atomic mass is 16.7. The van der Waals surface area contributed by atoms with Crippen molar-refractivity contribution in [3.8, 4) is 0 Å². The summed E-state index contributed by atoms with van der Waals surface area (Å²) in [4.78, 5) is 0. The minimum absolute atomic E-state index is 0.0667. The van der Waals surface area contributed by atoms with Crippen LogP contribution in [0.1, 0.15) is 52.9 Å². The molecule has 18 heavy (non-hydrogen) atoms. The van der Waals surface area contributed by atoms with E-state index >= 15 is 0 Å². The number of aliphatic hydroxyl groups is 2. The fourth-order valence-electron chi connectivity index (χ4n) is 2.48. The number of aliphatic hydroxyl groups excluding tert-OH is 2. The van der Waals surface area contributed by atoms with Gasteiger partial charge in [-0.3, -0.25) is 0 Å². The minimum Gasteiger partial charge on any atom is -0.396 e. The van der Waals surface area contributed by atoms with E-state index in [0.29, 0.717) is 12.8 Å². The van der Waals surface area contributed by atoms with Crippen molar-refractivity contribution in [3.05, 3.63) is 0 Å². The van der Waals surface area contributed by atoms with Gasteiger partial charge >= 0.3 is 0 Å². The molecule has 0 amide bonds. The van der Waals surface area contributed by atoms with Crippen molar-refractivity contribution >= 4 is 0 Å². The van der Waals surface area contributed by atoms with Gasteiger partial charge in [-0.15, -0.1) is 0 Å². The Morgan fingerprint density at radius 3 is 2.61 bits per heavy atom. The topological polar surface area (TPSA) is 58.9 Å². The van der Waals surface area contributed by atoms with Gasteiger partial charge in [-0.05, 0) is 32.1 Å². The third-order valence-electron chi connectivity index (χ3n) is 3.92. The van der Waals surface area contributed by atoms with Crippen LogP contribution >= 0.6 is 0 Å². The van der Waals surface area contributed by atoms with E-state index in [9.17, 15) is 10.2 Å². The molecule has 2 N–H and O–H groups in total. The van der Waals surface area contributed by atoms with Gasteiger partial charge < -0.3 is 19.7 Å². The van der Waals surface area contributed by atoms with Crippen molar-refractivity contribution in [1.29, 1.82) is 0 Å². The smallest absolute Gasteiger partial charge is 0.157 e. The van der Waals surface area contributed by atoms with E-state index in [2.05, 4.69) is 0 Å². The van der Waals surface area contributed by atoms with Gasteiger partial charge in [-0.1, -0.05) is 20.8 Å². The molecule has 1 saturated heterocycles. The quantitative estimate of drug-likeness (QED) is 0.736. The molecule has 0 radical (unpaired) electrons. The van der Waals surface area contributed by atoms with Crippen LogP contribution in [0.3, 0.4) is 0 Å².